The van der Waals surface area contributed by atoms with Gasteiger partial charge in [-0.3, -0.25) is 9.59 Å². The molecule has 2 unspecified atom stereocenters. The van der Waals surface area contributed by atoms with Gasteiger partial charge in [0, 0.05) is 18.1 Å². The van der Waals surface area contributed by atoms with Crippen molar-refractivity contribution in [1.82, 2.24) is 0 Å². The number of epoxide rings is 1. The summed E-state index contributed by atoms with van der Waals surface area (Å²) in [4.78, 5) is 49.6. The van der Waals surface area contributed by atoms with Crippen molar-refractivity contribution in [3.05, 3.63) is 24.3 Å². The Morgan fingerprint density at radius 3 is 2.43 bits per heavy atom. The standard InChI is InChI=1S/C21H26O9/c1-8(2)19(24)30-15-13-10(4)20(25)28-12(13)7-9(3)14-16(29-14)17(23)21(6,26)18(15)27-11(5)22/h9,12-16,18,26H,1,4,7H2,2-3,5-6H3/t9?,12-,13+,14+,15+,16+,18?,21+/m1/s1. The van der Waals surface area contributed by atoms with E-state index in [-0.39, 0.29) is 17.1 Å². The highest BCUT2D eigenvalue weighted by Crippen LogP contribution is 2.45. The molecule has 0 amide bonds. The van der Waals surface area contributed by atoms with E-state index in [9.17, 15) is 24.3 Å². The summed E-state index contributed by atoms with van der Waals surface area (Å²) < 4.78 is 21.8. The molecule has 0 aromatic rings. The van der Waals surface area contributed by atoms with Crippen molar-refractivity contribution in [3.63, 3.8) is 0 Å². The Bertz CT molecular complexity index is 826. The van der Waals surface area contributed by atoms with Crippen LogP contribution in [-0.2, 0) is 38.1 Å². The van der Waals surface area contributed by atoms with Crippen LogP contribution in [0.15, 0.2) is 24.3 Å². The summed E-state index contributed by atoms with van der Waals surface area (Å²) in [5.41, 5.74) is -2.22. The van der Waals surface area contributed by atoms with E-state index < -0.39 is 65.7 Å². The van der Waals surface area contributed by atoms with Gasteiger partial charge in [-0.05, 0) is 26.2 Å². The Morgan fingerprint density at radius 1 is 1.23 bits per heavy atom. The lowest BCUT2D eigenvalue weighted by molar-refractivity contribution is -0.196. The third-order valence-corrected chi connectivity index (χ3v) is 5.86. The van der Waals surface area contributed by atoms with Gasteiger partial charge in [0.2, 0.25) is 0 Å². The molecule has 2 saturated heterocycles. The number of ether oxygens (including phenoxy) is 4. The Hall–Kier alpha value is -2.52. The van der Waals surface area contributed by atoms with E-state index in [1.54, 1.807) is 0 Å². The van der Waals surface area contributed by atoms with Gasteiger partial charge in [-0.15, -0.1) is 0 Å². The van der Waals surface area contributed by atoms with Crippen LogP contribution in [0.1, 0.15) is 34.1 Å². The van der Waals surface area contributed by atoms with Crippen LogP contribution in [0.3, 0.4) is 0 Å². The molecule has 3 rings (SSSR count). The molecule has 8 atom stereocenters. The Kier molecular flexibility index (Phi) is 5.64. The minimum atomic E-state index is -2.27. The van der Waals surface area contributed by atoms with E-state index in [2.05, 4.69) is 13.2 Å². The second-order valence-corrected chi connectivity index (χ2v) is 8.42. The number of ketones is 1. The summed E-state index contributed by atoms with van der Waals surface area (Å²) in [6, 6.07) is 0. The van der Waals surface area contributed by atoms with Crippen LogP contribution in [0.25, 0.3) is 0 Å². The molecular weight excluding hydrogens is 396 g/mol. The fourth-order valence-corrected chi connectivity index (χ4v) is 4.18. The summed E-state index contributed by atoms with van der Waals surface area (Å²) in [5, 5.41) is 11.2. The van der Waals surface area contributed by atoms with Gasteiger partial charge < -0.3 is 24.1 Å². The highest BCUT2D eigenvalue weighted by molar-refractivity contribution is 5.95. The second-order valence-electron chi connectivity index (χ2n) is 8.42. The van der Waals surface area contributed by atoms with E-state index in [0.717, 1.165) is 6.92 Å². The Labute approximate surface area is 174 Å². The zero-order valence-corrected chi connectivity index (χ0v) is 17.4. The number of esters is 3. The third kappa shape index (κ3) is 3.79. The Balaban J connectivity index is 2.14. The zero-order valence-electron chi connectivity index (χ0n) is 17.4. The molecule has 3 fully saturated rings. The summed E-state index contributed by atoms with van der Waals surface area (Å²) in [6.07, 6.45) is -4.87. The number of aliphatic hydroxyl groups is 1. The molecule has 1 N–H and O–H groups in total. The fourth-order valence-electron chi connectivity index (χ4n) is 4.18. The predicted molar refractivity (Wildman–Crippen MR) is 101 cm³/mol. The first-order valence-electron chi connectivity index (χ1n) is 9.71. The number of carbonyl (C=O) groups excluding carboxylic acids is 4. The van der Waals surface area contributed by atoms with Crippen molar-refractivity contribution in [2.24, 2.45) is 11.8 Å². The van der Waals surface area contributed by atoms with Gasteiger partial charge in [0.1, 0.15) is 12.2 Å². The number of Topliss-reactive ketones (excluding diaryl/α,β-unsaturated/α-hetero) is 1. The van der Waals surface area contributed by atoms with Gasteiger partial charge in [0.15, 0.2) is 23.6 Å². The van der Waals surface area contributed by atoms with E-state index in [4.69, 9.17) is 18.9 Å². The predicted octanol–water partition coefficient (Wildman–Crippen LogP) is 0.631. The van der Waals surface area contributed by atoms with Gasteiger partial charge in [-0.25, -0.2) is 9.59 Å². The molecule has 1 saturated carbocycles. The van der Waals surface area contributed by atoms with E-state index in [1.807, 2.05) is 6.92 Å². The minimum absolute atomic E-state index is 0.000884. The third-order valence-electron chi connectivity index (χ3n) is 5.86. The van der Waals surface area contributed by atoms with Gasteiger partial charge in [0.05, 0.1) is 12.0 Å². The van der Waals surface area contributed by atoms with E-state index in [1.165, 1.54) is 13.8 Å². The molecule has 2 heterocycles. The average molecular weight is 422 g/mol. The van der Waals surface area contributed by atoms with E-state index in [0.29, 0.717) is 6.42 Å². The highest BCUT2D eigenvalue weighted by atomic mass is 16.6. The molecule has 2 aliphatic heterocycles. The monoisotopic (exact) mass is 422 g/mol. The largest absolute Gasteiger partial charge is 0.458 e. The molecule has 9 heteroatoms. The first kappa shape index (κ1) is 22.2. The quantitative estimate of drug-likeness (QED) is 0.301. The van der Waals surface area contributed by atoms with Gasteiger partial charge >= 0.3 is 17.9 Å². The normalized spacial score (nSPS) is 40.6. The topological polar surface area (TPSA) is 129 Å². The SMILES string of the molecule is C=C(C)C(=O)O[C@@H]1C(OC(C)=O)[C@@](C)(O)C(=O)[C@H]2O[C@H]2C(C)C[C@H]2OC(=O)C(=C)[C@H]12. The minimum Gasteiger partial charge on any atom is -0.458 e. The molecule has 1 aliphatic carbocycles. The van der Waals surface area contributed by atoms with Crippen LogP contribution < -0.4 is 0 Å². The lowest BCUT2D eigenvalue weighted by Crippen LogP contribution is -2.60. The summed E-state index contributed by atoms with van der Waals surface area (Å²) in [6.45, 7) is 12.8. The fraction of sp³-hybridized carbons (Fsp3) is 0.619. The molecule has 9 nitrogen and oxygen atoms in total. The van der Waals surface area contributed by atoms with Crippen LogP contribution in [0.5, 0.6) is 0 Å². The lowest BCUT2D eigenvalue weighted by Gasteiger charge is -2.39. The van der Waals surface area contributed by atoms with Gasteiger partial charge in [0.25, 0.3) is 0 Å². The lowest BCUT2D eigenvalue weighted by atomic mass is 9.75. The van der Waals surface area contributed by atoms with Crippen LogP contribution in [0.2, 0.25) is 0 Å². The van der Waals surface area contributed by atoms with Crippen molar-refractivity contribution in [2.45, 2.75) is 70.2 Å². The molecule has 164 valence electrons. The summed E-state index contributed by atoms with van der Waals surface area (Å²) in [5.74, 6) is -4.16. The number of carbonyl (C=O) groups is 4. The molecular formula is C21H26O9. The molecule has 0 bridgehead atoms. The maximum absolute atomic E-state index is 13.0. The molecule has 0 spiro atoms. The van der Waals surface area contributed by atoms with Crippen molar-refractivity contribution >= 4 is 23.7 Å². The molecule has 0 aromatic carbocycles. The van der Waals surface area contributed by atoms with Gasteiger partial charge in [-0.2, -0.15) is 0 Å². The maximum Gasteiger partial charge on any atom is 0.334 e. The summed E-state index contributed by atoms with van der Waals surface area (Å²) >= 11 is 0. The summed E-state index contributed by atoms with van der Waals surface area (Å²) in [7, 11) is 0. The van der Waals surface area contributed by atoms with Crippen molar-refractivity contribution in [3.8, 4) is 0 Å². The van der Waals surface area contributed by atoms with E-state index >= 15 is 0 Å². The molecule has 0 radical (unpaired) electrons. The number of hydrogen-bond donors (Lipinski definition) is 1. The van der Waals surface area contributed by atoms with Gasteiger partial charge in [-0.1, -0.05) is 20.1 Å². The molecule has 30 heavy (non-hydrogen) atoms. The smallest absolute Gasteiger partial charge is 0.334 e. The molecule has 0 aromatic heterocycles. The number of rotatable bonds is 3. The Morgan fingerprint density at radius 2 is 1.87 bits per heavy atom. The van der Waals surface area contributed by atoms with Crippen molar-refractivity contribution in [1.29, 1.82) is 0 Å². The van der Waals surface area contributed by atoms with Crippen molar-refractivity contribution in [2.75, 3.05) is 0 Å². The first-order chi connectivity index (χ1) is 13.9. The van der Waals surface area contributed by atoms with Crippen LogP contribution in [0.4, 0.5) is 0 Å². The molecule has 3 aliphatic rings. The highest BCUT2D eigenvalue weighted by Gasteiger charge is 2.62. The number of hydrogen-bond acceptors (Lipinski definition) is 9. The first-order valence-corrected chi connectivity index (χ1v) is 9.71. The average Bonchev–Trinajstić information content (AvgIpc) is 3.39. The maximum atomic E-state index is 13.0. The second kappa shape index (κ2) is 7.63. The van der Waals surface area contributed by atoms with Crippen molar-refractivity contribution < 1.29 is 43.2 Å². The van der Waals surface area contributed by atoms with Crippen LogP contribution in [-0.4, -0.2) is 64.9 Å². The zero-order chi connectivity index (χ0) is 22.5. The van der Waals surface area contributed by atoms with Crippen LogP contribution in [0, 0.1) is 11.8 Å². The number of fused-ring (bicyclic) bond motifs is 2. The van der Waals surface area contributed by atoms with Crippen LogP contribution >= 0.6 is 0 Å².